The molecule has 1 amide bonds. The lowest BCUT2D eigenvalue weighted by Crippen LogP contribution is -2.52. The standard InChI is InChI=1S/C18H27N3O/c1-18(8-12-5-13-7-14(9-18)16(13)6-12)20-11-17(22)21-4-2-3-15(21)10-19/h12-16,20H,2-9,11H2,1H3. The van der Waals surface area contributed by atoms with E-state index in [0.29, 0.717) is 6.54 Å². The van der Waals surface area contributed by atoms with Gasteiger partial charge in [-0.25, -0.2) is 0 Å². The van der Waals surface area contributed by atoms with Gasteiger partial charge in [-0.1, -0.05) is 0 Å². The number of fused-ring (bicyclic) bond motifs is 1. The highest BCUT2D eigenvalue weighted by Crippen LogP contribution is 2.60. The lowest BCUT2D eigenvalue weighted by molar-refractivity contribution is -0.130. The van der Waals surface area contributed by atoms with Crippen LogP contribution in [0, 0.1) is 35.0 Å². The zero-order valence-corrected chi connectivity index (χ0v) is 13.6. The summed E-state index contributed by atoms with van der Waals surface area (Å²) in [6, 6.07) is 2.07. The van der Waals surface area contributed by atoms with E-state index in [2.05, 4.69) is 18.3 Å². The van der Waals surface area contributed by atoms with E-state index in [0.717, 1.165) is 43.1 Å². The van der Waals surface area contributed by atoms with E-state index in [1.807, 2.05) is 0 Å². The summed E-state index contributed by atoms with van der Waals surface area (Å²) in [5.74, 6) is 3.90. The van der Waals surface area contributed by atoms with Crippen molar-refractivity contribution >= 4 is 5.91 Å². The van der Waals surface area contributed by atoms with Gasteiger partial charge in [0.05, 0.1) is 12.6 Å². The maximum Gasteiger partial charge on any atom is 0.237 e. The van der Waals surface area contributed by atoms with Gasteiger partial charge in [0.2, 0.25) is 5.91 Å². The summed E-state index contributed by atoms with van der Waals surface area (Å²) in [5, 5.41) is 12.7. The molecule has 2 bridgehead atoms. The fraction of sp³-hybridized carbons (Fsp3) is 0.889. The van der Waals surface area contributed by atoms with Crippen molar-refractivity contribution in [3.8, 4) is 6.07 Å². The summed E-state index contributed by atoms with van der Waals surface area (Å²) < 4.78 is 0. The average molecular weight is 301 g/mol. The smallest absolute Gasteiger partial charge is 0.237 e. The number of carbonyl (C=O) groups is 1. The molecule has 4 aliphatic rings. The largest absolute Gasteiger partial charge is 0.326 e. The molecule has 4 rings (SSSR count). The van der Waals surface area contributed by atoms with Gasteiger partial charge < -0.3 is 10.2 Å². The molecule has 1 heterocycles. The Kier molecular flexibility index (Phi) is 3.45. The summed E-state index contributed by atoms with van der Waals surface area (Å²) in [5.41, 5.74) is 0.118. The molecule has 0 radical (unpaired) electrons. The predicted octanol–water partition coefficient (Wildman–Crippen LogP) is 2.31. The number of carbonyl (C=O) groups excluding carboxylic acids is 1. The second kappa shape index (κ2) is 5.23. The molecule has 3 aliphatic carbocycles. The summed E-state index contributed by atoms with van der Waals surface area (Å²) >= 11 is 0. The summed E-state index contributed by atoms with van der Waals surface area (Å²) in [6.07, 6.45) is 8.56. The minimum Gasteiger partial charge on any atom is -0.326 e. The van der Waals surface area contributed by atoms with Crippen LogP contribution in [0.25, 0.3) is 0 Å². The molecule has 0 spiro atoms. The summed E-state index contributed by atoms with van der Waals surface area (Å²) in [6.45, 7) is 3.48. The Hall–Kier alpha value is -1.08. The van der Waals surface area contributed by atoms with Crippen LogP contribution in [0.4, 0.5) is 0 Å². The zero-order valence-electron chi connectivity index (χ0n) is 13.6. The minimum atomic E-state index is -0.195. The van der Waals surface area contributed by atoms with E-state index in [1.54, 1.807) is 4.90 Å². The highest BCUT2D eigenvalue weighted by molar-refractivity contribution is 5.79. The first-order valence-electron chi connectivity index (χ1n) is 9.02. The number of likely N-dealkylation sites (tertiary alicyclic amines) is 1. The first-order valence-corrected chi connectivity index (χ1v) is 9.02. The quantitative estimate of drug-likeness (QED) is 0.870. The number of nitrogens with zero attached hydrogens (tertiary/aromatic N) is 2. The van der Waals surface area contributed by atoms with Crippen molar-refractivity contribution in [3.05, 3.63) is 0 Å². The third-order valence-corrected chi connectivity index (χ3v) is 6.90. The Morgan fingerprint density at radius 2 is 2.18 bits per heavy atom. The number of hydrogen-bond donors (Lipinski definition) is 1. The average Bonchev–Trinajstić information content (AvgIpc) is 3.03. The van der Waals surface area contributed by atoms with E-state index in [-0.39, 0.29) is 17.5 Å². The molecule has 0 aromatic carbocycles. The van der Waals surface area contributed by atoms with Gasteiger partial charge in [0, 0.05) is 12.1 Å². The molecule has 0 aromatic heterocycles. The number of nitriles is 1. The molecule has 1 aliphatic heterocycles. The zero-order chi connectivity index (χ0) is 15.3. The normalized spacial score (nSPS) is 46.0. The van der Waals surface area contributed by atoms with Crippen LogP contribution in [0.15, 0.2) is 0 Å². The van der Waals surface area contributed by atoms with Crippen molar-refractivity contribution in [1.29, 1.82) is 5.26 Å². The van der Waals surface area contributed by atoms with Gasteiger partial charge in [-0.05, 0) is 75.5 Å². The molecule has 6 atom stereocenters. The molecular formula is C18H27N3O. The Bertz CT molecular complexity index is 507. The first kappa shape index (κ1) is 14.5. The van der Waals surface area contributed by atoms with Crippen LogP contribution in [0.3, 0.4) is 0 Å². The minimum absolute atomic E-state index is 0.117. The second-order valence-corrected chi connectivity index (χ2v) is 8.45. The molecule has 22 heavy (non-hydrogen) atoms. The Balaban J connectivity index is 1.36. The van der Waals surface area contributed by atoms with Crippen molar-refractivity contribution in [2.24, 2.45) is 23.7 Å². The van der Waals surface area contributed by atoms with Crippen LogP contribution in [0.1, 0.15) is 51.9 Å². The first-order chi connectivity index (χ1) is 10.6. The van der Waals surface area contributed by atoms with E-state index in [9.17, 15) is 4.79 Å². The topological polar surface area (TPSA) is 56.1 Å². The number of amides is 1. The maximum atomic E-state index is 12.4. The van der Waals surface area contributed by atoms with Gasteiger partial charge >= 0.3 is 0 Å². The maximum absolute atomic E-state index is 12.4. The third-order valence-electron chi connectivity index (χ3n) is 6.90. The summed E-state index contributed by atoms with van der Waals surface area (Å²) in [7, 11) is 0. The molecule has 1 N–H and O–H groups in total. The lowest BCUT2D eigenvalue weighted by atomic mass is 9.62. The van der Waals surface area contributed by atoms with Crippen LogP contribution < -0.4 is 5.32 Å². The van der Waals surface area contributed by atoms with E-state index < -0.39 is 0 Å². The summed E-state index contributed by atoms with van der Waals surface area (Å²) in [4.78, 5) is 14.2. The van der Waals surface area contributed by atoms with Crippen LogP contribution in [0.5, 0.6) is 0 Å². The van der Waals surface area contributed by atoms with Gasteiger partial charge in [-0.15, -0.1) is 0 Å². The van der Waals surface area contributed by atoms with Gasteiger partial charge in [-0.3, -0.25) is 4.79 Å². The molecule has 4 nitrogen and oxygen atoms in total. The van der Waals surface area contributed by atoms with Crippen LogP contribution in [0.2, 0.25) is 0 Å². The van der Waals surface area contributed by atoms with Crippen molar-refractivity contribution in [2.45, 2.75) is 63.5 Å². The predicted molar refractivity (Wildman–Crippen MR) is 83.8 cm³/mol. The fourth-order valence-electron chi connectivity index (χ4n) is 5.93. The van der Waals surface area contributed by atoms with Crippen LogP contribution >= 0.6 is 0 Å². The second-order valence-electron chi connectivity index (χ2n) is 8.45. The molecule has 4 heteroatoms. The number of hydrogen-bond acceptors (Lipinski definition) is 3. The molecule has 1 saturated heterocycles. The molecular weight excluding hydrogens is 274 g/mol. The van der Waals surface area contributed by atoms with Crippen molar-refractivity contribution < 1.29 is 4.79 Å². The highest BCUT2D eigenvalue weighted by atomic mass is 16.2. The van der Waals surface area contributed by atoms with E-state index in [4.69, 9.17) is 5.26 Å². The monoisotopic (exact) mass is 301 g/mol. The Labute approximate surface area is 133 Å². The van der Waals surface area contributed by atoms with Gasteiger partial charge in [-0.2, -0.15) is 5.26 Å². The van der Waals surface area contributed by atoms with Crippen molar-refractivity contribution in [2.75, 3.05) is 13.1 Å². The molecule has 120 valence electrons. The Morgan fingerprint density at radius 1 is 1.32 bits per heavy atom. The van der Waals surface area contributed by atoms with Crippen LogP contribution in [-0.2, 0) is 4.79 Å². The van der Waals surface area contributed by atoms with Gasteiger partial charge in [0.25, 0.3) is 0 Å². The third kappa shape index (κ3) is 2.34. The fourth-order valence-corrected chi connectivity index (χ4v) is 5.93. The molecule has 6 unspecified atom stereocenters. The van der Waals surface area contributed by atoms with Crippen LogP contribution in [-0.4, -0.2) is 35.5 Å². The number of nitrogens with one attached hydrogen (secondary N) is 1. The van der Waals surface area contributed by atoms with E-state index in [1.165, 1.54) is 32.1 Å². The van der Waals surface area contributed by atoms with Crippen molar-refractivity contribution in [3.63, 3.8) is 0 Å². The van der Waals surface area contributed by atoms with E-state index >= 15 is 0 Å². The molecule has 4 fully saturated rings. The highest BCUT2D eigenvalue weighted by Gasteiger charge is 2.53. The molecule has 0 aromatic rings. The van der Waals surface area contributed by atoms with Crippen molar-refractivity contribution in [1.82, 2.24) is 10.2 Å². The number of rotatable bonds is 3. The SMILES string of the molecule is CC1(NCC(=O)N2CCCC2C#N)CC2CC3CC(C1)C3C2. The molecule has 3 saturated carbocycles. The lowest BCUT2D eigenvalue weighted by Gasteiger charge is -2.46. The van der Waals surface area contributed by atoms with Gasteiger partial charge in [0.15, 0.2) is 0 Å². The van der Waals surface area contributed by atoms with Gasteiger partial charge in [0.1, 0.15) is 6.04 Å². The Morgan fingerprint density at radius 3 is 3.00 bits per heavy atom.